The van der Waals surface area contributed by atoms with E-state index in [0.717, 1.165) is 44.5 Å². The fraction of sp³-hybridized carbons (Fsp3) is 0. The summed E-state index contributed by atoms with van der Waals surface area (Å²) in [6, 6.07) is 39.5. The number of hydrogen-bond acceptors (Lipinski definition) is 2. The summed E-state index contributed by atoms with van der Waals surface area (Å²) in [7, 11) is 0. The van der Waals surface area contributed by atoms with Gasteiger partial charge in [0, 0.05) is 0 Å². The fourth-order valence-corrected chi connectivity index (χ4v) is 4.20. The molecule has 0 atom stereocenters. The van der Waals surface area contributed by atoms with Crippen LogP contribution in [0.3, 0.4) is 0 Å². The van der Waals surface area contributed by atoms with Gasteiger partial charge in [-0.1, -0.05) is 97.1 Å². The molecule has 0 fully saturated rings. The molecule has 0 aliphatic heterocycles. The molecule has 0 aromatic heterocycles. The summed E-state index contributed by atoms with van der Waals surface area (Å²) >= 11 is 0. The highest BCUT2D eigenvalue weighted by molar-refractivity contribution is 5.96. The van der Waals surface area contributed by atoms with Crippen molar-refractivity contribution in [3.05, 3.63) is 121 Å². The van der Waals surface area contributed by atoms with Crippen LogP contribution < -0.4 is 0 Å². The van der Waals surface area contributed by atoms with Gasteiger partial charge in [-0.05, 0) is 68.8 Å². The quantitative estimate of drug-likeness (QED) is 0.315. The number of phenolic OH excluding ortho intramolecular Hbond substituents is 2. The minimum atomic E-state index is 0.236. The van der Waals surface area contributed by atoms with E-state index in [1.165, 1.54) is 0 Å². The maximum atomic E-state index is 10.2. The van der Waals surface area contributed by atoms with Crippen molar-refractivity contribution < 1.29 is 10.2 Å². The first-order chi connectivity index (χ1) is 15.7. The second kappa shape index (κ2) is 8.44. The molecule has 5 rings (SSSR count). The molecule has 0 aliphatic rings. The number of benzene rings is 5. The van der Waals surface area contributed by atoms with E-state index in [4.69, 9.17) is 0 Å². The van der Waals surface area contributed by atoms with Crippen molar-refractivity contribution in [1.82, 2.24) is 0 Å². The minimum absolute atomic E-state index is 0.236. The lowest BCUT2D eigenvalue weighted by Gasteiger charge is -2.17. The van der Waals surface area contributed by atoms with Crippen LogP contribution in [0.5, 0.6) is 11.5 Å². The Morgan fingerprint density at radius 2 is 0.656 bits per heavy atom. The smallest absolute Gasteiger partial charge is 0.116 e. The van der Waals surface area contributed by atoms with E-state index < -0.39 is 0 Å². The number of phenols is 2. The molecule has 0 saturated carbocycles. The van der Waals surface area contributed by atoms with E-state index in [1.807, 2.05) is 72.8 Å². The molecule has 2 nitrogen and oxygen atoms in total. The molecule has 32 heavy (non-hydrogen) atoms. The predicted octanol–water partition coefficient (Wildman–Crippen LogP) is 7.77. The summed E-state index contributed by atoms with van der Waals surface area (Å²) < 4.78 is 0. The second-order valence-electron chi connectivity index (χ2n) is 7.74. The van der Waals surface area contributed by atoms with Crippen LogP contribution in [0, 0.1) is 0 Å². The average Bonchev–Trinajstić information content (AvgIpc) is 2.85. The second-order valence-corrected chi connectivity index (χ2v) is 7.74. The van der Waals surface area contributed by atoms with E-state index in [0.29, 0.717) is 0 Å². The molecule has 5 aromatic rings. The predicted molar refractivity (Wildman–Crippen MR) is 132 cm³/mol. The van der Waals surface area contributed by atoms with Crippen molar-refractivity contribution in [3.8, 4) is 56.0 Å². The lowest BCUT2D eigenvalue weighted by molar-refractivity contribution is 0.475. The van der Waals surface area contributed by atoms with Crippen LogP contribution in [0.2, 0.25) is 0 Å². The third-order valence-corrected chi connectivity index (χ3v) is 5.68. The highest BCUT2D eigenvalue weighted by Gasteiger charge is 2.16. The average molecular weight is 415 g/mol. The first kappa shape index (κ1) is 19.7. The zero-order valence-electron chi connectivity index (χ0n) is 17.4. The first-order valence-corrected chi connectivity index (χ1v) is 10.6. The largest absolute Gasteiger partial charge is 0.508 e. The third-order valence-electron chi connectivity index (χ3n) is 5.68. The van der Waals surface area contributed by atoms with Crippen molar-refractivity contribution >= 4 is 0 Å². The van der Waals surface area contributed by atoms with Crippen LogP contribution in [-0.4, -0.2) is 10.2 Å². The Balaban J connectivity index is 1.76. The summed E-state index contributed by atoms with van der Waals surface area (Å²) in [5, 5.41) is 20.5. The fourth-order valence-electron chi connectivity index (χ4n) is 4.20. The van der Waals surface area contributed by atoms with E-state index in [-0.39, 0.29) is 11.5 Å². The monoisotopic (exact) mass is 414 g/mol. The van der Waals surface area contributed by atoms with Gasteiger partial charge in [-0.2, -0.15) is 0 Å². The molecule has 0 aliphatic carbocycles. The molecule has 0 bridgehead atoms. The summed E-state index contributed by atoms with van der Waals surface area (Å²) in [5.74, 6) is 0.472. The zero-order chi connectivity index (χ0) is 21.9. The van der Waals surface area contributed by atoms with E-state index in [9.17, 15) is 10.2 Å². The highest BCUT2D eigenvalue weighted by atomic mass is 16.3. The van der Waals surface area contributed by atoms with Crippen molar-refractivity contribution in [3.63, 3.8) is 0 Å². The molecule has 0 amide bonds. The van der Waals surface area contributed by atoms with Crippen molar-refractivity contribution in [2.24, 2.45) is 0 Å². The molecule has 0 saturated heterocycles. The van der Waals surface area contributed by atoms with Gasteiger partial charge in [0.25, 0.3) is 0 Å². The van der Waals surface area contributed by atoms with Gasteiger partial charge in [0.2, 0.25) is 0 Å². The number of aromatic hydroxyl groups is 2. The third kappa shape index (κ3) is 3.75. The highest BCUT2D eigenvalue weighted by Crippen LogP contribution is 2.43. The Kier molecular flexibility index (Phi) is 5.19. The van der Waals surface area contributed by atoms with Crippen molar-refractivity contribution in [1.29, 1.82) is 0 Å². The number of hydrogen-bond donors (Lipinski definition) is 2. The normalized spacial score (nSPS) is 10.8. The van der Waals surface area contributed by atoms with E-state index in [2.05, 4.69) is 36.4 Å². The van der Waals surface area contributed by atoms with Gasteiger partial charge in [-0.3, -0.25) is 0 Å². The Bertz CT molecular complexity index is 1270. The molecule has 5 aromatic carbocycles. The molecular formula is C30H22O2. The van der Waals surface area contributed by atoms with Gasteiger partial charge in [0.15, 0.2) is 0 Å². The molecular weight excluding hydrogens is 392 g/mol. The summed E-state index contributed by atoms with van der Waals surface area (Å²) in [6.45, 7) is 0. The zero-order valence-corrected chi connectivity index (χ0v) is 17.4. The van der Waals surface area contributed by atoms with E-state index >= 15 is 0 Å². The Labute approximate surface area is 187 Å². The minimum Gasteiger partial charge on any atom is -0.508 e. The van der Waals surface area contributed by atoms with Crippen LogP contribution in [0.1, 0.15) is 0 Å². The van der Waals surface area contributed by atoms with Crippen LogP contribution in [-0.2, 0) is 0 Å². The summed E-state index contributed by atoms with van der Waals surface area (Å²) in [5.41, 5.74) is 8.23. The van der Waals surface area contributed by atoms with Gasteiger partial charge >= 0.3 is 0 Å². The van der Waals surface area contributed by atoms with Crippen LogP contribution in [0.25, 0.3) is 44.5 Å². The molecule has 2 N–H and O–H groups in total. The lowest BCUT2D eigenvalue weighted by Crippen LogP contribution is -1.91. The van der Waals surface area contributed by atoms with Gasteiger partial charge in [-0.25, -0.2) is 0 Å². The Hall–Kier alpha value is -4.30. The van der Waals surface area contributed by atoms with Crippen molar-refractivity contribution in [2.45, 2.75) is 0 Å². The van der Waals surface area contributed by atoms with Gasteiger partial charge in [0.05, 0.1) is 0 Å². The summed E-state index contributed by atoms with van der Waals surface area (Å²) in [6.07, 6.45) is 0. The Morgan fingerprint density at radius 3 is 1.06 bits per heavy atom. The van der Waals surface area contributed by atoms with Gasteiger partial charge in [-0.15, -0.1) is 0 Å². The SMILES string of the molecule is Oc1ccc(-c2ccccc2-c2ccc(O)cc2-c2ccccc2)c(-c2ccccc2)c1. The molecule has 0 heterocycles. The molecule has 0 radical (unpaired) electrons. The molecule has 0 unspecified atom stereocenters. The first-order valence-electron chi connectivity index (χ1n) is 10.6. The maximum absolute atomic E-state index is 10.2. The van der Waals surface area contributed by atoms with Crippen LogP contribution >= 0.6 is 0 Å². The maximum Gasteiger partial charge on any atom is 0.116 e. The van der Waals surface area contributed by atoms with Gasteiger partial charge in [0.1, 0.15) is 11.5 Å². The lowest BCUT2D eigenvalue weighted by atomic mass is 9.86. The molecule has 2 heteroatoms. The van der Waals surface area contributed by atoms with Crippen LogP contribution in [0.15, 0.2) is 121 Å². The molecule has 0 spiro atoms. The number of rotatable bonds is 4. The summed E-state index contributed by atoms with van der Waals surface area (Å²) in [4.78, 5) is 0. The standard InChI is InChI=1S/C30H22O2/c31-23-15-17-27(29(19-23)21-9-3-1-4-10-21)25-13-7-8-14-26(25)28-18-16-24(32)20-30(28)22-11-5-2-6-12-22/h1-20,31-32H. The van der Waals surface area contributed by atoms with Gasteiger partial charge < -0.3 is 10.2 Å². The molecule has 154 valence electrons. The topological polar surface area (TPSA) is 40.5 Å². The van der Waals surface area contributed by atoms with Crippen molar-refractivity contribution in [2.75, 3.05) is 0 Å². The Morgan fingerprint density at radius 1 is 0.312 bits per heavy atom. The van der Waals surface area contributed by atoms with E-state index in [1.54, 1.807) is 12.1 Å². The van der Waals surface area contributed by atoms with Crippen LogP contribution in [0.4, 0.5) is 0 Å².